The smallest absolute Gasteiger partial charge is 0.171 e. The van der Waals surface area contributed by atoms with Gasteiger partial charge in [0.05, 0.1) is 18.0 Å². The number of hydrogen-bond donors (Lipinski definition) is 1. The fourth-order valence-electron chi connectivity index (χ4n) is 2.05. The topological polar surface area (TPSA) is 49.2 Å². The number of halogens is 1. The molecule has 1 N–H and O–H groups in total. The lowest BCUT2D eigenvalue weighted by molar-refractivity contribution is 0.295. The molecule has 0 fully saturated rings. The third-order valence-electron chi connectivity index (χ3n) is 3.24. The van der Waals surface area contributed by atoms with E-state index in [2.05, 4.69) is 28.7 Å². The Morgan fingerprint density at radius 2 is 1.72 bits per heavy atom. The number of nitrogens with zero attached hydrogens (tertiary/aromatic N) is 3. The van der Waals surface area contributed by atoms with Crippen molar-refractivity contribution in [1.82, 2.24) is 9.97 Å². The van der Waals surface area contributed by atoms with E-state index in [9.17, 15) is 5.11 Å². The fourth-order valence-corrected chi connectivity index (χ4v) is 2.32. The van der Waals surface area contributed by atoms with Crippen LogP contribution in [0.5, 0.6) is 0 Å². The van der Waals surface area contributed by atoms with Crippen LogP contribution in [0, 0.1) is 13.8 Å². The van der Waals surface area contributed by atoms with Crippen molar-refractivity contribution in [2.75, 3.05) is 18.1 Å². The highest BCUT2D eigenvalue weighted by molar-refractivity contribution is 6.31. The highest BCUT2D eigenvalue weighted by Crippen LogP contribution is 2.26. The minimum Gasteiger partial charge on any atom is -0.395 e. The summed E-state index contributed by atoms with van der Waals surface area (Å²) in [5.41, 5.74) is 1.72. The van der Waals surface area contributed by atoms with Crippen molar-refractivity contribution in [2.24, 2.45) is 0 Å². The average Bonchev–Trinajstić information content (AvgIpc) is 2.34. The zero-order chi connectivity index (χ0) is 13.7. The molecule has 0 amide bonds. The molecule has 0 saturated heterocycles. The summed E-state index contributed by atoms with van der Waals surface area (Å²) in [7, 11) is 0. The van der Waals surface area contributed by atoms with Gasteiger partial charge >= 0.3 is 0 Å². The molecule has 1 heterocycles. The molecule has 0 atom stereocenters. The normalized spacial score (nSPS) is 11.1. The Morgan fingerprint density at radius 1 is 1.17 bits per heavy atom. The minimum atomic E-state index is 0.0848. The first-order valence-corrected chi connectivity index (χ1v) is 6.81. The molecule has 102 valence electrons. The number of hydrogen-bond acceptors (Lipinski definition) is 4. The van der Waals surface area contributed by atoms with Gasteiger partial charge in [-0.15, -0.1) is 0 Å². The molecular weight excluding hydrogens is 250 g/mol. The Kier molecular flexibility index (Phi) is 5.82. The highest BCUT2D eigenvalue weighted by atomic mass is 35.5. The highest BCUT2D eigenvalue weighted by Gasteiger charge is 2.20. The number of aliphatic hydroxyl groups is 1. The Morgan fingerprint density at radius 3 is 2.22 bits per heavy atom. The molecule has 0 aliphatic rings. The summed E-state index contributed by atoms with van der Waals surface area (Å²) in [4.78, 5) is 10.9. The van der Waals surface area contributed by atoms with Crippen molar-refractivity contribution in [2.45, 2.75) is 46.6 Å². The maximum Gasteiger partial charge on any atom is 0.171 e. The molecule has 0 aliphatic carbocycles. The third kappa shape index (κ3) is 3.33. The quantitative estimate of drug-likeness (QED) is 0.864. The lowest BCUT2D eigenvalue weighted by Gasteiger charge is -2.31. The zero-order valence-corrected chi connectivity index (χ0v) is 12.3. The van der Waals surface area contributed by atoms with Crippen LogP contribution < -0.4 is 4.90 Å². The molecule has 1 rings (SSSR count). The van der Waals surface area contributed by atoms with E-state index in [0.29, 0.717) is 23.6 Å². The van der Waals surface area contributed by atoms with Crippen LogP contribution in [-0.4, -0.2) is 34.3 Å². The van der Waals surface area contributed by atoms with Gasteiger partial charge in [0.25, 0.3) is 0 Å². The predicted octanol–water partition coefficient (Wildman–Crippen LogP) is 2.73. The van der Waals surface area contributed by atoms with E-state index in [4.69, 9.17) is 11.6 Å². The monoisotopic (exact) mass is 271 g/mol. The van der Waals surface area contributed by atoms with Crippen molar-refractivity contribution in [3.8, 4) is 0 Å². The first-order valence-electron chi connectivity index (χ1n) is 6.43. The molecule has 4 nitrogen and oxygen atoms in total. The summed E-state index contributed by atoms with van der Waals surface area (Å²) in [6, 6.07) is 0.325. The van der Waals surface area contributed by atoms with Crippen molar-refractivity contribution in [3.05, 3.63) is 16.5 Å². The molecule has 1 aromatic rings. The molecule has 0 aliphatic heterocycles. The van der Waals surface area contributed by atoms with E-state index in [1.54, 1.807) is 0 Å². The minimum absolute atomic E-state index is 0.0848. The molecular formula is C13H22ClN3O. The van der Waals surface area contributed by atoms with Gasteiger partial charge in [0.2, 0.25) is 0 Å². The zero-order valence-electron chi connectivity index (χ0n) is 11.6. The molecule has 18 heavy (non-hydrogen) atoms. The Labute approximate surface area is 114 Å². The van der Waals surface area contributed by atoms with E-state index in [1.165, 1.54) is 0 Å². The predicted molar refractivity (Wildman–Crippen MR) is 75.3 cm³/mol. The van der Waals surface area contributed by atoms with E-state index in [-0.39, 0.29) is 6.61 Å². The number of rotatable bonds is 6. The maximum absolute atomic E-state index is 9.22. The molecule has 0 bridgehead atoms. The van der Waals surface area contributed by atoms with Gasteiger partial charge in [-0.25, -0.2) is 9.97 Å². The van der Waals surface area contributed by atoms with Crippen LogP contribution in [0.1, 0.15) is 38.1 Å². The number of anilines is 1. The van der Waals surface area contributed by atoms with E-state index >= 15 is 0 Å². The summed E-state index contributed by atoms with van der Waals surface area (Å²) in [6.07, 6.45) is 1.98. The van der Waals surface area contributed by atoms with Gasteiger partial charge in [0, 0.05) is 12.6 Å². The molecule has 0 aromatic carbocycles. The largest absolute Gasteiger partial charge is 0.395 e. The van der Waals surface area contributed by atoms with Crippen LogP contribution in [0.3, 0.4) is 0 Å². The molecule has 5 heteroatoms. The third-order valence-corrected chi connectivity index (χ3v) is 3.50. The standard InChI is InChI=1S/C13H22ClN3O/c1-5-11(6-2)17(7-8-18)13-12(14)15-9(3)10(4)16-13/h11,18H,5-8H2,1-4H3. The number of aliphatic hydroxyl groups excluding tert-OH is 1. The van der Waals surface area contributed by atoms with Crippen LogP contribution >= 0.6 is 11.6 Å². The van der Waals surface area contributed by atoms with Crippen LogP contribution in [0.15, 0.2) is 0 Å². The SMILES string of the molecule is CCC(CC)N(CCO)c1nc(C)c(C)nc1Cl. The van der Waals surface area contributed by atoms with Gasteiger partial charge in [-0.05, 0) is 26.7 Å². The van der Waals surface area contributed by atoms with Crippen LogP contribution in [0.2, 0.25) is 5.15 Å². The fraction of sp³-hybridized carbons (Fsp3) is 0.692. The van der Waals surface area contributed by atoms with Gasteiger partial charge in [-0.3, -0.25) is 0 Å². The summed E-state index contributed by atoms with van der Waals surface area (Å²) in [5.74, 6) is 0.683. The first kappa shape index (κ1) is 15.2. The summed E-state index contributed by atoms with van der Waals surface area (Å²) in [6.45, 7) is 8.68. The second-order valence-corrected chi connectivity index (χ2v) is 4.75. The van der Waals surface area contributed by atoms with Crippen molar-refractivity contribution >= 4 is 17.4 Å². The molecule has 0 radical (unpaired) electrons. The van der Waals surface area contributed by atoms with E-state index in [0.717, 1.165) is 24.2 Å². The Hall–Kier alpha value is -0.870. The average molecular weight is 272 g/mol. The van der Waals surface area contributed by atoms with Gasteiger partial charge in [-0.1, -0.05) is 25.4 Å². The van der Waals surface area contributed by atoms with Crippen molar-refractivity contribution < 1.29 is 5.11 Å². The lowest BCUT2D eigenvalue weighted by atomic mass is 10.1. The van der Waals surface area contributed by atoms with Crippen LogP contribution in [-0.2, 0) is 0 Å². The molecule has 0 spiro atoms. The molecule has 0 unspecified atom stereocenters. The summed E-state index contributed by atoms with van der Waals surface area (Å²) < 4.78 is 0. The van der Waals surface area contributed by atoms with Gasteiger partial charge in [0.1, 0.15) is 0 Å². The number of aryl methyl sites for hydroxylation is 2. The second-order valence-electron chi connectivity index (χ2n) is 4.40. The van der Waals surface area contributed by atoms with Gasteiger partial charge in [-0.2, -0.15) is 0 Å². The van der Waals surface area contributed by atoms with Gasteiger partial charge in [0.15, 0.2) is 11.0 Å². The number of aromatic nitrogens is 2. The Bertz CT molecular complexity index is 394. The Balaban J connectivity index is 3.16. The second kappa shape index (κ2) is 6.90. The summed E-state index contributed by atoms with van der Waals surface area (Å²) in [5, 5.41) is 9.64. The van der Waals surface area contributed by atoms with Crippen LogP contribution in [0.25, 0.3) is 0 Å². The van der Waals surface area contributed by atoms with E-state index < -0.39 is 0 Å². The van der Waals surface area contributed by atoms with E-state index in [1.807, 2.05) is 13.8 Å². The van der Waals surface area contributed by atoms with Crippen molar-refractivity contribution in [3.63, 3.8) is 0 Å². The van der Waals surface area contributed by atoms with Crippen LogP contribution in [0.4, 0.5) is 5.82 Å². The maximum atomic E-state index is 9.22. The first-order chi connectivity index (χ1) is 8.54. The van der Waals surface area contributed by atoms with Crippen molar-refractivity contribution in [1.29, 1.82) is 0 Å². The summed E-state index contributed by atoms with van der Waals surface area (Å²) >= 11 is 6.19. The van der Waals surface area contributed by atoms with Gasteiger partial charge < -0.3 is 10.0 Å². The molecule has 0 saturated carbocycles. The molecule has 1 aromatic heterocycles. The lowest BCUT2D eigenvalue weighted by Crippen LogP contribution is -2.38.